The summed E-state index contributed by atoms with van der Waals surface area (Å²) in [6.45, 7) is 1.59. The van der Waals surface area contributed by atoms with Crippen LogP contribution < -0.4 is 4.74 Å². The molecule has 8 heteroatoms. The van der Waals surface area contributed by atoms with E-state index in [9.17, 15) is 18.0 Å². The summed E-state index contributed by atoms with van der Waals surface area (Å²) in [4.78, 5) is 25.3. The lowest BCUT2D eigenvalue weighted by Crippen LogP contribution is -2.37. The van der Waals surface area contributed by atoms with E-state index in [4.69, 9.17) is 4.74 Å². The van der Waals surface area contributed by atoms with Crippen LogP contribution in [0.4, 0.5) is 0 Å². The second-order valence-electron chi connectivity index (χ2n) is 5.99. The van der Waals surface area contributed by atoms with E-state index >= 15 is 0 Å². The van der Waals surface area contributed by atoms with Crippen LogP contribution in [0.15, 0.2) is 23.1 Å². The molecule has 3 rings (SSSR count). The normalized spacial score (nSPS) is 18.0. The van der Waals surface area contributed by atoms with Crippen LogP contribution in [0, 0.1) is 0 Å². The van der Waals surface area contributed by atoms with Crippen molar-refractivity contribution >= 4 is 21.7 Å². The first kappa shape index (κ1) is 16.9. The molecule has 0 spiro atoms. The average Bonchev–Trinajstić information content (AvgIpc) is 2.97. The molecular weight excluding hydrogens is 332 g/mol. The second kappa shape index (κ2) is 6.52. The van der Waals surface area contributed by atoms with Crippen molar-refractivity contribution in [2.24, 2.45) is 0 Å². The van der Waals surface area contributed by atoms with Crippen molar-refractivity contribution in [1.29, 1.82) is 0 Å². The molecule has 1 aromatic rings. The van der Waals surface area contributed by atoms with Crippen LogP contribution in [-0.4, -0.2) is 62.6 Å². The van der Waals surface area contributed by atoms with E-state index in [1.54, 1.807) is 4.90 Å². The van der Waals surface area contributed by atoms with Crippen LogP contribution in [0.5, 0.6) is 5.75 Å². The number of carbonyl (C=O) groups is 2. The predicted molar refractivity (Wildman–Crippen MR) is 86.5 cm³/mol. The van der Waals surface area contributed by atoms with E-state index < -0.39 is 10.0 Å². The summed E-state index contributed by atoms with van der Waals surface area (Å²) in [5.41, 5.74) is 0.311. The maximum atomic E-state index is 12.7. The van der Waals surface area contributed by atoms with E-state index in [-0.39, 0.29) is 29.6 Å². The Bertz CT molecular complexity index is 775. The monoisotopic (exact) mass is 352 g/mol. The first-order valence-corrected chi connectivity index (χ1v) is 9.38. The summed E-state index contributed by atoms with van der Waals surface area (Å²) in [5.74, 6) is 0.381. The molecule has 2 aliphatic rings. The van der Waals surface area contributed by atoms with Gasteiger partial charge in [0.05, 0.1) is 17.1 Å². The predicted octanol–water partition coefficient (Wildman–Crippen LogP) is 0.895. The number of carbonyl (C=O) groups excluding carboxylic acids is 2. The zero-order chi connectivity index (χ0) is 17.3. The zero-order valence-corrected chi connectivity index (χ0v) is 14.3. The van der Waals surface area contributed by atoms with Crippen LogP contribution in [-0.2, 0) is 14.8 Å². The largest absolute Gasteiger partial charge is 0.492 e. The van der Waals surface area contributed by atoms with Gasteiger partial charge in [-0.25, -0.2) is 8.42 Å². The van der Waals surface area contributed by atoms with Gasteiger partial charge in [0.15, 0.2) is 5.78 Å². The first-order chi connectivity index (χ1) is 11.4. The van der Waals surface area contributed by atoms with Crippen LogP contribution in [0.25, 0.3) is 0 Å². The Balaban J connectivity index is 1.76. The number of hydrogen-bond acceptors (Lipinski definition) is 5. The molecule has 0 saturated carbocycles. The maximum Gasteiger partial charge on any atom is 0.242 e. The average molecular weight is 352 g/mol. The first-order valence-electron chi connectivity index (χ1n) is 7.94. The van der Waals surface area contributed by atoms with Crippen molar-refractivity contribution in [3.63, 3.8) is 0 Å². The number of benzene rings is 1. The minimum Gasteiger partial charge on any atom is -0.492 e. The minimum atomic E-state index is -3.72. The van der Waals surface area contributed by atoms with E-state index in [0.717, 1.165) is 6.42 Å². The van der Waals surface area contributed by atoms with Gasteiger partial charge in [-0.3, -0.25) is 9.59 Å². The standard InChI is InChI=1S/C16H20N2O5S/c1-17(8-9-18-7-2-3-16(18)20)24(21,22)12-4-5-15-13(11-12)14(19)6-10-23-15/h4-5,11H,2-3,6-10H2,1H3. The van der Waals surface area contributed by atoms with Crippen LogP contribution in [0.3, 0.4) is 0 Å². The van der Waals surface area contributed by atoms with Gasteiger partial charge in [-0.05, 0) is 24.6 Å². The molecule has 7 nitrogen and oxygen atoms in total. The van der Waals surface area contributed by atoms with Gasteiger partial charge in [0.1, 0.15) is 5.75 Å². The number of likely N-dealkylation sites (N-methyl/N-ethyl adjacent to an activating group) is 1. The Morgan fingerprint density at radius 1 is 1.25 bits per heavy atom. The highest BCUT2D eigenvalue weighted by molar-refractivity contribution is 7.89. The topological polar surface area (TPSA) is 84.0 Å². The Morgan fingerprint density at radius 2 is 2.04 bits per heavy atom. The Hall–Kier alpha value is -1.93. The molecule has 0 aliphatic carbocycles. The van der Waals surface area contributed by atoms with Crippen LogP contribution in [0.2, 0.25) is 0 Å². The third-order valence-corrected chi connectivity index (χ3v) is 6.26. The summed E-state index contributed by atoms with van der Waals surface area (Å²) in [5, 5.41) is 0. The zero-order valence-electron chi connectivity index (χ0n) is 13.5. The number of rotatable bonds is 5. The quantitative estimate of drug-likeness (QED) is 0.786. The lowest BCUT2D eigenvalue weighted by atomic mass is 10.1. The highest BCUT2D eigenvalue weighted by Crippen LogP contribution is 2.28. The van der Waals surface area contributed by atoms with Crippen molar-refractivity contribution in [3.8, 4) is 5.75 Å². The number of Topliss-reactive ketones (excluding diaryl/α,β-unsaturated/α-hetero) is 1. The molecule has 1 fully saturated rings. The fourth-order valence-corrected chi connectivity index (χ4v) is 4.09. The fraction of sp³-hybridized carbons (Fsp3) is 0.500. The minimum absolute atomic E-state index is 0.0651. The molecular formula is C16H20N2O5S. The van der Waals surface area contributed by atoms with Gasteiger partial charge in [0, 0.05) is 39.5 Å². The molecule has 1 saturated heterocycles. The Labute approximate surface area is 141 Å². The van der Waals surface area contributed by atoms with Gasteiger partial charge in [-0.15, -0.1) is 0 Å². The van der Waals surface area contributed by atoms with E-state index in [1.165, 1.54) is 29.6 Å². The molecule has 0 N–H and O–H groups in total. The summed E-state index contributed by atoms with van der Waals surface area (Å²) >= 11 is 0. The SMILES string of the molecule is CN(CCN1CCCC1=O)S(=O)(=O)c1ccc2c(c1)C(=O)CCO2. The number of sulfonamides is 1. The molecule has 0 radical (unpaired) electrons. The van der Waals surface area contributed by atoms with Gasteiger partial charge >= 0.3 is 0 Å². The van der Waals surface area contributed by atoms with Crippen molar-refractivity contribution in [2.45, 2.75) is 24.2 Å². The third-order valence-electron chi connectivity index (χ3n) is 4.40. The molecule has 0 bridgehead atoms. The maximum absolute atomic E-state index is 12.7. The van der Waals surface area contributed by atoms with Crippen LogP contribution in [0.1, 0.15) is 29.6 Å². The highest BCUT2D eigenvalue weighted by Gasteiger charge is 2.27. The number of hydrogen-bond donors (Lipinski definition) is 0. The van der Waals surface area contributed by atoms with Gasteiger partial charge in [0.2, 0.25) is 15.9 Å². The summed E-state index contributed by atoms with van der Waals surface area (Å²) in [6.07, 6.45) is 1.61. The molecule has 1 aromatic carbocycles. The lowest BCUT2D eigenvalue weighted by Gasteiger charge is -2.22. The number of likely N-dealkylation sites (tertiary alicyclic amines) is 1. The number of fused-ring (bicyclic) bond motifs is 1. The molecule has 2 aliphatic heterocycles. The molecule has 1 amide bonds. The lowest BCUT2D eigenvalue weighted by molar-refractivity contribution is -0.127. The van der Waals surface area contributed by atoms with E-state index in [0.29, 0.717) is 37.4 Å². The van der Waals surface area contributed by atoms with Gasteiger partial charge in [0.25, 0.3) is 0 Å². The van der Waals surface area contributed by atoms with Crippen molar-refractivity contribution in [2.75, 3.05) is 33.3 Å². The van der Waals surface area contributed by atoms with Crippen molar-refractivity contribution in [3.05, 3.63) is 23.8 Å². The summed E-state index contributed by atoms with van der Waals surface area (Å²) in [7, 11) is -2.24. The van der Waals surface area contributed by atoms with Crippen LogP contribution >= 0.6 is 0 Å². The van der Waals surface area contributed by atoms with E-state index in [1.807, 2.05) is 0 Å². The second-order valence-corrected chi connectivity index (χ2v) is 8.04. The summed E-state index contributed by atoms with van der Waals surface area (Å²) < 4.78 is 32.0. The highest BCUT2D eigenvalue weighted by atomic mass is 32.2. The smallest absolute Gasteiger partial charge is 0.242 e. The summed E-state index contributed by atoms with van der Waals surface area (Å²) in [6, 6.07) is 4.35. The van der Waals surface area contributed by atoms with Crippen molar-refractivity contribution < 1.29 is 22.7 Å². The fourth-order valence-electron chi connectivity index (χ4n) is 2.90. The van der Waals surface area contributed by atoms with Gasteiger partial charge < -0.3 is 9.64 Å². The molecule has 24 heavy (non-hydrogen) atoms. The molecule has 0 aromatic heterocycles. The van der Waals surface area contributed by atoms with Gasteiger partial charge in [-0.2, -0.15) is 4.31 Å². The third kappa shape index (κ3) is 3.16. The molecule has 130 valence electrons. The Morgan fingerprint density at radius 3 is 2.75 bits per heavy atom. The number of nitrogens with zero attached hydrogens (tertiary/aromatic N) is 2. The number of amides is 1. The molecule has 0 unspecified atom stereocenters. The number of ether oxygens (including phenoxy) is 1. The Kier molecular flexibility index (Phi) is 4.60. The van der Waals surface area contributed by atoms with Crippen molar-refractivity contribution in [1.82, 2.24) is 9.21 Å². The molecule has 2 heterocycles. The molecule has 0 atom stereocenters. The number of ketones is 1. The van der Waals surface area contributed by atoms with Gasteiger partial charge in [-0.1, -0.05) is 0 Å². The van der Waals surface area contributed by atoms with E-state index in [2.05, 4.69) is 0 Å².